The number of nitrogens with one attached hydrogen (secondary N) is 2. The highest BCUT2D eigenvalue weighted by Gasteiger charge is 2.15. The van der Waals surface area contributed by atoms with E-state index < -0.39 is 0 Å². The largest absolute Gasteiger partial charge is 0.357 e. The van der Waals surface area contributed by atoms with Gasteiger partial charge in [0.1, 0.15) is 9.86 Å². The first kappa shape index (κ1) is 14.1. The van der Waals surface area contributed by atoms with E-state index in [-0.39, 0.29) is 5.69 Å². The number of aromatic amines is 1. The van der Waals surface area contributed by atoms with Crippen LogP contribution in [0.3, 0.4) is 0 Å². The lowest BCUT2D eigenvalue weighted by molar-refractivity contribution is 0.765. The number of anilines is 1. The molecule has 0 aliphatic carbocycles. The summed E-state index contributed by atoms with van der Waals surface area (Å²) < 4.78 is 1.46. The zero-order chi connectivity index (χ0) is 15.0. The van der Waals surface area contributed by atoms with Crippen molar-refractivity contribution in [1.29, 1.82) is 0 Å². The maximum absolute atomic E-state index is 11.5. The third kappa shape index (κ3) is 2.54. The van der Waals surface area contributed by atoms with Crippen LogP contribution in [0.1, 0.15) is 11.8 Å². The molecule has 7 nitrogen and oxygen atoms in total. The molecule has 21 heavy (non-hydrogen) atoms. The second kappa shape index (κ2) is 5.49. The Labute approximate surface area is 128 Å². The summed E-state index contributed by atoms with van der Waals surface area (Å²) in [5.41, 5.74) is -0.240. The van der Waals surface area contributed by atoms with E-state index in [1.165, 1.54) is 21.2 Å². The molecule has 3 aromatic heterocycles. The highest BCUT2D eigenvalue weighted by atomic mass is 32.2. The first-order chi connectivity index (χ1) is 10.1. The fraction of sp³-hybridized carbons (Fsp3) is 0.333. The van der Waals surface area contributed by atoms with Gasteiger partial charge in [0.05, 0.1) is 0 Å². The topological polar surface area (TPSA) is 88.5 Å². The zero-order valence-corrected chi connectivity index (χ0v) is 13.4. The summed E-state index contributed by atoms with van der Waals surface area (Å²) in [4.78, 5) is 22.6. The van der Waals surface area contributed by atoms with Crippen molar-refractivity contribution >= 4 is 39.3 Å². The van der Waals surface area contributed by atoms with Crippen LogP contribution in [0.2, 0.25) is 0 Å². The quantitative estimate of drug-likeness (QED) is 0.713. The summed E-state index contributed by atoms with van der Waals surface area (Å²) in [5, 5.41) is 11.8. The summed E-state index contributed by atoms with van der Waals surface area (Å²) >= 11 is 3.01. The lowest BCUT2D eigenvalue weighted by Gasteiger charge is -2.04. The second-order valence-corrected chi connectivity index (χ2v) is 6.43. The highest BCUT2D eigenvalue weighted by molar-refractivity contribution is 7.99. The van der Waals surface area contributed by atoms with Crippen molar-refractivity contribution in [2.45, 2.75) is 23.5 Å². The molecular weight excluding hydrogens is 308 g/mol. The van der Waals surface area contributed by atoms with Crippen molar-refractivity contribution in [3.8, 4) is 0 Å². The number of hydrogen-bond acceptors (Lipinski definition) is 7. The molecule has 0 bridgehead atoms. The van der Waals surface area contributed by atoms with Gasteiger partial charge in [0.2, 0.25) is 5.95 Å². The lowest BCUT2D eigenvalue weighted by atomic mass is 10.3. The summed E-state index contributed by atoms with van der Waals surface area (Å²) in [6.07, 6.45) is 0.959. The predicted molar refractivity (Wildman–Crippen MR) is 84.3 cm³/mol. The normalized spacial score (nSPS) is 11.2. The molecule has 0 unspecified atom stereocenters. The Morgan fingerprint density at radius 3 is 2.90 bits per heavy atom. The summed E-state index contributed by atoms with van der Waals surface area (Å²) in [5.74, 6) is 0.565. The first-order valence-corrected chi connectivity index (χ1v) is 8.03. The van der Waals surface area contributed by atoms with Gasteiger partial charge < -0.3 is 5.32 Å². The Morgan fingerprint density at radius 2 is 2.29 bits per heavy atom. The van der Waals surface area contributed by atoms with E-state index >= 15 is 0 Å². The molecule has 0 radical (unpaired) electrons. The van der Waals surface area contributed by atoms with E-state index in [4.69, 9.17) is 0 Å². The van der Waals surface area contributed by atoms with Crippen molar-refractivity contribution in [1.82, 2.24) is 24.7 Å². The third-order valence-corrected chi connectivity index (χ3v) is 5.23. The standard InChI is InChI=1S/C12H14N6OS2/c1-4-6-5-7-8(20-6)14-10(13-2)15-9(7)21-12-17-16-11(19)18(12)3/h5H,4H2,1-3H3,(H,16,19)(H,13,14,15). The molecule has 0 fully saturated rings. The van der Waals surface area contributed by atoms with Gasteiger partial charge in [-0.25, -0.2) is 19.9 Å². The second-order valence-electron chi connectivity index (χ2n) is 4.36. The van der Waals surface area contributed by atoms with Gasteiger partial charge in [-0.2, -0.15) is 0 Å². The Morgan fingerprint density at radius 1 is 1.48 bits per heavy atom. The monoisotopic (exact) mass is 322 g/mol. The van der Waals surface area contributed by atoms with Crippen LogP contribution in [0, 0.1) is 0 Å². The molecule has 0 atom stereocenters. The first-order valence-electron chi connectivity index (χ1n) is 6.39. The Balaban J connectivity index is 2.13. The highest BCUT2D eigenvalue weighted by Crippen LogP contribution is 2.34. The Kier molecular flexibility index (Phi) is 3.68. The molecule has 0 saturated carbocycles. The van der Waals surface area contributed by atoms with Crippen LogP contribution in [0.4, 0.5) is 5.95 Å². The summed E-state index contributed by atoms with van der Waals surface area (Å²) in [7, 11) is 3.46. The van der Waals surface area contributed by atoms with Gasteiger partial charge in [0.25, 0.3) is 0 Å². The Bertz CT molecular complexity index is 849. The predicted octanol–water partition coefficient (Wildman–Crippen LogP) is 1.87. The minimum absolute atomic E-state index is 0.240. The van der Waals surface area contributed by atoms with Gasteiger partial charge in [0, 0.05) is 24.4 Å². The molecular formula is C12H14N6OS2. The molecule has 9 heteroatoms. The van der Waals surface area contributed by atoms with E-state index in [9.17, 15) is 4.79 Å². The maximum atomic E-state index is 11.5. The fourth-order valence-corrected chi connectivity index (χ4v) is 3.73. The van der Waals surface area contributed by atoms with Crippen molar-refractivity contribution in [3.63, 3.8) is 0 Å². The number of aromatic nitrogens is 5. The van der Waals surface area contributed by atoms with E-state index in [1.807, 2.05) is 0 Å². The van der Waals surface area contributed by atoms with E-state index in [1.54, 1.807) is 25.4 Å². The zero-order valence-electron chi connectivity index (χ0n) is 11.8. The van der Waals surface area contributed by atoms with Crippen LogP contribution in [-0.2, 0) is 13.5 Å². The van der Waals surface area contributed by atoms with Crippen molar-refractivity contribution in [2.24, 2.45) is 7.05 Å². The molecule has 3 aromatic rings. The molecule has 0 aliphatic rings. The average Bonchev–Trinajstić information content (AvgIpc) is 3.05. The molecule has 0 spiro atoms. The average molecular weight is 322 g/mol. The molecule has 0 saturated heterocycles. The van der Waals surface area contributed by atoms with Gasteiger partial charge in [0.15, 0.2) is 5.16 Å². The number of thiophene rings is 1. The van der Waals surface area contributed by atoms with Crippen LogP contribution in [0.15, 0.2) is 21.0 Å². The SMILES string of the molecule is CCc1cc2c(Sc3n[nH]c(=O)n3C)nc(NC)nc2s1. The van der Waals surface area contributed by atoms with Crippen LogP contribution < -0.4 is 11.0 Å². The van der Waals surface area contributed by atoms with Gasteiger partial charge in [-0.1, -0.05) is 6.92 Å². The third-order valence-electron chi connectivity index (χ3n) is 3.01. The van der Waals surface area contributed by atoms with Crippen molar-refractivity contribution in [3.05, 3.63) is 21.4 Å². The molecule has 3 rings (SSSR count). The minimum atomic E-state index is -0.240. The van der Waals surface area contributed by atoms with Crippen LogP contribution >= 0.6 is 23.1 Å². The van der Waals surface area contributed by atoms with Crippen LogP contribution in [0.5, 0.6) is 0 Å². The lowest BCUT2D eigenvalue weighted by Crippen LogP contribution is -2.12. The molecule has 0 aromatic carbocycles. The van der Waals surface area contributed by atoms with Gasteiger partial charge in [-0.05, 0) is 24.2 Å². The van der Waals surface area contributed by atoms with Gasteiger partial charge >= 0.3 is 5.69 Å². The molecule has 0 aliphatic heterocycles. The van der Waals surface area contributed by atoms with Crippen molar-refractivity contribution < 1.29 is 0 Å². The van der Waals surface area contributed by atoms with Gasteiger partial charge in [-0.15, -0.1) is 16.4 Å². The number of H-pyrrole nitrogens is 1. The number of rotatable bonds is 4. The fourth-order valence-electron chi connectivity index (χ4n) is 1.82. The molecule has 110 valence electrons. The smallest absolute Gasteiger partial charge is 0.343 e. The van der Waals surface area contributed by atoms with Gasteiger partial charge in [-0.3, -0.25) is 4.57 Å². The Hall–Kier alpha value is -1.87. The number of aryl methyl sites for hydroxylation is 1. The minimum Gasteiger partial charge on any atom is -0.357 e. The summed E-state index contributed by atoms with van der Waals surface area (Å²) in [6.45, 7) is 2.11. The number of hydrogen-bond donors (Lipinski definition) is 2. The van der Waals surface area contributed by atoms with E-state index in [2.05, 4.69) is 38.5 Å². The molecule has 3 heterocycles. The van der Waals surface area contributed by atoms with Crippen LogP contribution in [-0.4, -0.2) is 31.8 Å². The number of nitrogens with zero attached hydrogens (tertiary/aromatic N) is 4. The van der Waals surface area contributed by atoms with Crippen LogP contribution in [0.25, 0.3) is 10.2 Å². The number of fused-ring (bicyclic) bond motifs is 1. The van der Waals surface area contributed by atoms with Crippen molar-refractivity contribution in [2.75, 3.05) is 12.4 Å². The van der Waals surface area contributed by atoms with E-state index in [0.29, 0.717) is 11.1 Å². The van der Waals surface area contributed by atoms with E-state index in [0.717, 1.165) is 21.7 Å². The summed E-state index contributed by atoms with van der Waals surface area (Å²) in [6, 6.07) is 2.10. The molecule has 0 amide bonds. The maximum Gasteiger partial charge on any atom is 0.343 e. The molecule has 2 N–H and O–H groups in total.